The fourth-order valence-corrected chi connectivity index (χ4v) is 1.74. The molecule has 0 saturated carbocycles. The summed E-state index contributed by atoms with van der Waals surface area (Å²) in [6.07, 6.45) is 4.88. The van der Waals surface area contributed by atoms with E-state index in [2.05, 4.69) is 28.5 Å². The Morgan fingerprint density at radius 1 is 1.50 bits per heavy atom. The quantitative estimate of drug-likeness (QED) is 0.811. The van der Waals surface area contributed by atoms with Crippen LogP contribution in [-0.2, 0) is 0 Å². The highest BCUT2D eigenvalue weighted by Gasteiger charge is 2.02. The number of aromatic nitrogens is 2. The SMILES string of the molecule is CSCCC(C)Nc1cc(C)ncn1. The maximum atomic E-state index is 4.16. The van der Waals surface area contributed by atoms with Crippen LogP contribution in [-0.4, -0.2) is 28.0 Å². The van der Waals surface area contributed by atoms with Gasteiger partial charge in [0, 0.05) is 17.8 Å². The summed E-state index contributed by atoms with van der Waals surface area (Å²) in [5.74, 6) is 2.10. The van der Waals surface area contributed by atoms with E-state index in [4.69, 9.17) is 0 Å². The first-order valence-corrected chi connectivity index (χ1v) is 6.16. The zero-order valence-electron chi connectivity index (χ0n) is 8.95. The van der Waals surface area contributed by atoms with Crippen molar-refractivity contribution in [2.24, 2.45) is 0 Å². The van der Waals surface area contributed by atoms with Gasteiger partial charge in [-0.1, -0.05) is 0 Å². The number of rotatable bonds is 5. The highest BCUT2D eigenvalue weighted by atomic mass is 32.2. The van der Waals surface area contributed by atoms with Crippen LogP contribution >= 0.6 is 11.8 Å². The Morgan fingerprint density at radius 3 is 2.93 bits per heavy atom. The lowest BCUT2D eigenvalue weighted by atomic mass is 10.2. The van der Waals surface area contributed by atoms with Crippen LogP contribution < -0.4 is 5.32 Å². The number of thioether (sulfide) groups is 1. The Kier molecular flexibility index (Phi) is 4.73. The standard InChI is InChI=1S/C10H17N3S/c1-8(4-5-14-3)13-10-6-9(2)11-7-12-10/h6-8H,4-5H2,1-3H3,(H,11,12,13). The van der Waals surface area contributed by atoms with Crippen molar-refractivity contribution >= 4 is 17.6 Å². The number of nitrogens with one attached hydrogen (secondary N) is 1. The molecule has 1 atom stereocenters. The predicted molar refractivity (Wildman–Crippen MR) is 62.9 cm³/mol. The molecule has 0 spiro atoms. The minimum Gasteiger partial charge on any atom is -0.367 e. The summed E-state index contributed by atoms with van der Waals surface area (Å²) in [6.45, 7) is 4.15. The summed E-state index contributed by atoms with van der Waals surface area (Å²) in [5.41, 5.74) is 1.000. The number of aryl methyl sites for hydroxylation is 1. The zero-order chi connectivity index (χ0) is 10.4. The molecule has 1 unspecified atom stereocenters. The molecule has 1 heterocycles. The summed E-state index contributed by atoms with van der Waals surface area (Å²) in [7, 11) is 0. The van der Waals surface area contributed by atoms with Crippen LogP contribution in [0.4, 0.5) is 5.82 Å². The summed E-state index contributed by atoms with van der Waals surface area (Å²) in [5, 5.41) is 3.35. The van der Waals surface area contributed by atoms with Gasteiger partial charge in [-0.05, 0) is 32.3 Å². The number of nitrogens with zero attached hydrogens (tertiary/aromatic N) is 2. The Labute approximate surface area is 89.7 Å². The van der Waals surface area contributed by atoms with E-state index < -0.39 is 0 Å². The van der Waals surface area contributed by atoms with Crippen LogP contribution in [0.3, 0.4) is 0 Å². The second-order valence-corrected chi connectivity index (χ2v) is 4.36. The smallest absolute Gasteiger partial charge is 0.129 e. The molecule has 0 amide bonds. The summed E-state index contributed by atoms with van der Waals surface area (Å²) in [6, 6.07) is 2.44. The molecule has 0 aliphatic rings. The molecule has 0 bridgehead atoms. The molecular weight excluding hydrogens is 194 g/mol. The van der Waals surface area contributed by atoms with Crippen molar-refractivity contribution in [3.63, 3.8) is 0 Å². The molecule has 0 aliphatic heterocycles. The molecule has 3 nitrogen and oxygen atoms in total. The Hall–Kier alpha value is -0.770. The van der Waals surface area contributed by atoms with Crippen molar-refractivity contribution in [1.82, 2.24) is 9.97 Å². The van der Waals surface area contributed by atoms with Gasteiger partial charge in [0.05, 0.1) is 0 Å². The first-order valence-electron chi connectivity index (χ1n) is 4.76. The van der Waals surface area contributed by atoms with Crippen LogP contribution in [0.5, 0.6) is 0 Å². The molecule has 4 heteroatoms. The van der Waals surface area contributed by atoms with Gasteiger partial charge in [0.1, 0.15) is 12.1 Å². The third kappa shape index (κ3) is 3.96. The number of hydrogen-bond donors (Lipinski definition) is 1. The molecule has 78 valence electrons. The van der Waals surface area contributed by atoms with Gasteiger partial charge in [-0.3, -0.25) is 0 Å². The zero-order valence-corrected chi connectivity index (χ0v) is 9.77. The molecule has 0 saturated heterocycles. The van der Waals surface area contributed by atoms with Crippen molar-refractivity contribution in [1.29, 1.82) is 0 Å². The molecule has 1 aromatic heterocycles. The van der Waals surface area contributed by atoms with Gasteiger partial charge in [0.2, 0.25) is 0 Å². The molecule has 0 aromatic carbocycles. The predicted octanol–water partition coefficient (Wildman–Crippen LogP) is 2.34. The molecule has 0 fully saturated rings. The minimum atomic E-state index is 0.469. The molecule has 1 aromatic rings. The second kappa shape index (κ2) is 5.86. The number of anilines is 1. The fraction of sp³-hybridized carbons (Fsp3) is 0.600. The molecule has 1 N–H and O–H groups in total. The maximum absolute atomic E-state index is 4.16. The van der Waals surface area contributed by atoms with E-state index in [9.17, 15) is 0 Å². The lowest BCUT2D eigenvalue weighted by Gasteiger charge is -2.13. The van der Waals surface area contributed by atoms with E-state index >= 15 is 0 Å². The van der Waals surface area contributed by atoms with Crippen LogP contribution in [0.25, 0.3) is 0 Å². The maximum Gasteiger partial charge on any atom is 0.129 e. The highest BCUT2D eigenvalue weighted by molar-refractivity contribution is 7.98. The highest BCUT2D eigenvalue weighted by Crippen LogP contribution is 2.08. The monoisotopic (exact) mass is 211 g/mol. The first-order chi connectivity index (χ1) is 6.72. The lowest BCUT2D eigenvalue weighted by molar-refractivity contribution is 0.765. The Balaban J connectivity index is 2.43. The van der Waals surface area contributed by atoms with Gasteiger partial charge >= 0.3 is 0 Å². The van der Waals surface area contributed by atoms with E-state index in [1.165, 1.54) is 5.75 Å². The topological polar surface area (TPSA) is 37.8 Å². The Bertz CT molecular complexity index is 278. The van der Waals surface area contributed by atoms with E-state index in [-0.39, 0.29) is 0 Å². The van der Waals surface area contributed by atoms with Gasteiger partial charge in [-0.15, -0.1) is 0 Å². The van der Waals surface area contributed by atoms with Crippen molar-refractivity contribution in [3.8, 4) is 0 Å². The van der Waals surface area contributed by atoms with E-state index in [1.807, 2.05) is 24.8 Å². The minimum absolute atomic E-state index is 0.469. The Morgan fingerprint density at radius 2 is 2.29 bits per heavy atom. The molecule has 0 radical (unpaired) electrons. The van der Waals surface area contributed by atoms with Gasteiger partial charge in [0.25, 0.3) is 0 Å². The van der Waals surface area contributed by atoms with Gasteiger partial charge in [-0.2, -0.15) is 11.8 Å². The third-order valence-corrected chi connectivity index (χ3v) is 2.60. The molecular formula is C10H17N3S. The van der Waals surface area contributed by atoms with Gasteiger partial charge in [-0.25, -0.2) is 9.97 Å². The van der Waals surface area contributed by atoms with Crippen molar-refractivity contribution in [3.05, 3.63) is 18.1 Å². The second-order valence-electron chi connectivity index (χ2n) is 3.37. The molecule has 1 rings (SSSR count). The normalized spacial score (nSPS) is 12.5. The lowest BCUT2D eigenvalue weighted by Crippen LogP contribution is -2.16. The summed E-state index contributed by atoms with van der Waals surface area (Å²) < 4.78 is 0. The third-order valence-electron chi connectivity index (χ3n) is 1.95. The van der Waals surface area contributed by atoms with Crippen LogP contribution in [0, 0.1) is 6.92 Å². The summed E-state index contributed by atoms with van der Waals surface area (Å²) >= 11 is 1.87. The molecule has 0 aliphatic carbocycles. The van der Waals surface area contributed by atoms with Gasteiger partial charge in [0.15, 0.2) is 0 Å². The summed E-state index contributed by atoms with van der Waals surface area (Å²) in [4.78, 5) is 8.21. The van der Waals surface area contributed by atoms with Crippen LogP contribution in [0.1, 0.15) is 19.0 Å². The van der Waals surface area contributed by atoms with Crippen molar-refractivity contribution in [2.45, 2.75) is 26.3 Å². The average molecular weight is 211 g/mol. The largest absolute Gasteiger partial charge is 0.367 e. The number of hydrogen-bond acceptors (Lipinski definition) is 4. The fourth-order valence-electron chi connectivity index (χ4n) is 1.15. The van der Waals surface area contributed by atoms with Gasteiger partial charge < -0.3 is 5.32 Å². The van der Waals surface area contributed by atoms with Crippen LogP contribution in [0.2, 0.25) is 0 Å². The van der Waals surface area contributed by atoms with Crippen molar-refractivity contribution in [2.75, 3.05) is 17.3 Å². The molecule has 14 heavy (non-hydrogen) atoms. The van der Waals surface area contributed by atoms with E-state index in [0.717, 1.165) is 17.9 Å². The average Bonchev–Trinajstić information content (AvgIpc) is 2.15. The van der Waals surface area contributed by atoms with Crippen LogP contribution in [0.15, 0.2) is 12.4 Å². The van der Waals surface area contributed by atoms with E-state index in [0.29, 0.717) is 6.04 Å². The van der Waals surface area contributed by atoms with E-state index in [1.54, 1.807) is 6.33 Å². The van der Waals surface area contributed by atoms with Crippen molar-refractivity contribution < 1.29 is 0 Å². The first kappa shape index (κ1) is 11.3.